The first-order valence-electron chi connectivity index (χ1n) is 11.2. The Hall–Kier alpha value is -1.98. The van der Waals surface area contributed by atoms with E-state index in [1.807, 2.05) is 6.20 Å². The van der Waals surface area contributed by atoms with Crippen LogP contribution in [0.3, 0.4) is 0 Å². The number of allylic oxidation sites excluding steroid dienone is 2. The number of nitrogens with zero attached hydrogens (tertiary/aromatic N) is 4. The molecule has 5 nitrogen and oxygen atoms in total. The third kappa shape index (κ3) is 2.29. The highest BCUT2D eigenvalue weighted by Gasteiger charge is 2.71. The van der Waals surface area contributed by atoms with Crippen LogP contribution in [0.1, 0.15) is 62.0 Å². The van der Waals surface area contributed by atoms with Gasteiger partial charge in [0, 0.05) is 48.9 Å². The Balaban J connectivity index is 1.21. The van der Waals surface area contributed by atoms with Crippen molar-refractivity contribution in [1.82, 2.24) is 19.4 Å². The second-order valence-electron chi connectivity index (χ2n) is 10.0. The van der Waals surface area contributed by atoms with Gasteiger partial charge in [-0.25, -0.2) is 4.98 Å². The summed E-state index contributed by atoms with van der Waals surface area (Å²) in [6, 6.07) is 2.31. The topological polar surface area (TPSA) is 43.2 Å². The molecule has 5 fully saturated rings. The van der Waals surface area contributed by atoms with E-state index in [4.69, 9.17) is 14.7 Å². The molecule has 0 spiro atoms. The molecule has 8 rings (SSSR count). The Morgan fingerprint density at radius 3 is 2.66 bits per heavy atom. The maximum atomic E-state index is 5.57. The molecule has 1 saturated heterocycles. The van der Waals surface area contributed by atoms with Crippen LogP contribution in [-0.4, -0.2) is 51.3 Å². The number of aromatic nitrogens is 3. The fourth-order valence-corrected chi connectivity index (χ4v) is 6.35. The van der Waals surface area contributed by atoms with Crippen LogP contribution in [0.15, 0.2) is 24.5 Å². The number of hydrogen-bond donors (Lipinski definition) is 0. The number of pyridine rings is 1. The van der Waals surface area contributed by atoms with E-state index < -0.39 is 0 Å². The maximum absolute atomic E-state index is 5.57. The van der Waals surface area contributed by atoms with Crippen LogP contribution in [-0.2, 0) is 16.7 Å². The minimum atomic E-state index is 0.321. The first-order valence-corrected chi connectivity index (χ1v) is 11.2. The quantitative estimate of drug-likeness (QED) is 0.800. The second-order valence-corrected chi connectivity index (χ2v) is 10.0. The van der Waals surface area contributed by atoms with Crippen LogP contribution in [0.25, 0.3) is 16.8 Å². The van der Waals surface area contributed by atoms with Gasteiger partial charge >= 0.3 is 0 Å². The molecule has 0 N–H and O–H groups in total. The normalized spacial score (nSPS) is 33.1. The molecule has 4 saturated carbocycles. The van der Waals surface area contributed by atoms with Crippen molar-refractivity contribution >= 4 is 5.57 Å². The Bertz CT molecular complexity index is 1020. The van der Waals surface area contributed by atoms with Gasteiger partial charge in [-0.2, -0.15) is 0 Å². The first kappa shape index (κ1) is 16.8. The van der Waals surface area contributed by atoms with E-state index in [0.29, 0.717) is 17.0 Å². The lowest BCUT2D eigenvalue weighted by Crippen LogP contribution is -2.79. The molecule has 2 aromatic heterocycles. The van der Waals surface area contributed by atoms with Gasteiger partial charge in [0.15, 0.2) is 0 Å². The predicted molar refractivity (Wildman–Crippen MR) is 112 cm³/mol. The molecule has 0 radical (unpaired) electrons. The number of imidazole rings is 1. The molecule has 29 heavy (non-hydrogen) atoms. The number of hydrogen-bond acceptors (Lipinski definition) is 4. The SMILES string of the molecule is CC1=CCc2ncc(-c3cn(C45CC(N6CCOCC6)(C4)C5)c(C4CC4)n3)cc21. The molecule has 2 bridgehead atoms. The van der Waals surface area contributed by atoms with Gasteiger partial charge in [-0.1, -0.05) is 6.08 Å². The van der Waals surface area contributed by atoms with Crippen LogP contribution >= 0.6 is 0 Å². The molecule has 2 aromatic rings. The fourth-order valence-electron chi connectivity index (χ4n) is 6.35. The van der Waals surface area contributed by atoms with E-state index in [1.54, 1.807) is 0 Å². The minimum absolute atomic E-state index is 0.321. The molecule has 5 aliphatic carbocycles. The van der Waals surface area contributed by atoms with Crippen LogP contribution < -0.4 is 0 Å². The van der Waals surface area contributed by atoms with Crippen LogP contribution in [0.2, 0.25) is 0 Å². The lowest BCUT2D eigenvalue weighted by molar-refractivity contribution is -0.221. The molecular formula is C24H28N4O. The monoisotopic (exact) mass is 388 g/mol. The van der Waals surface area contributed by atoms with Crippen molar-refractivity contribution < 1.29 is 4.74 Å². The highest BCUT2D eigenvalue weighted by Crippen LogP contribution is 2.69. The highest BCUT2D eigenvalue weighted by atomic mass is 16.5. The smallest absolute Gasteiger partial charge is 0.113 e. The van der Waals surface area contributed by atoms with Crippen molar-refractivity contribution in [3.05, 3.63) is 41.6 Å². The van der Waals surface area contributed by atoms with Gasteiger partial charge in [-0.05, 0) is 56.2 Å². The summed E-state index contributed by atoms with van der Waals surface area (Å²) in [6.07, 6.45) is 14.1. The van der Waals surface area contributed by atoms with Gasteiger partial charge in [0.1, 0.15) is 5.82 Å². The Morgan fingerprint density at radius 1 is 1.10 bits per heavy atom. The van der Waals surface area contributed by atoms with Crippen molar-refractivity contribution in [2.24, 2.45) is 0 Å². The first-order chi connectivity index (χ1) is 14.2. The lowest BCUT2D eigenvalue weighted by Gasteiger charge is -2.74. The van der Waals surface area contributed by atoms with Crippen LogP contribution in [0, 0.1) is 0 Å². The third-order valence-corrected chi connectivity index (χ3v) is 8.14. The average molecular weight is 389 g/mol. The van der Waals surface area contributed by atoms with Crippen molar-refractivity contribution in [3.8, 4) is 11.3 Å². The van der Waals surface area contributed by atoms with E-state index >= 15 is 0 Å². The van der Waals surface area contributed by atoms with Crippen molar-refractivity contribution in [1.29, 1.82) is 0 Å². The molecule has 0 aromatic carbocycles. The highest BCUT2D eigenvalue weighted by molar-refractivity contribution is 5.74. The number of ether oxygens (including phenoxy) is 1. The summed E-state index contributed by atoms with van der Waals surface area (Å²) in [4.78, 5) is 12.6. The predicted octanol–water partition coefficient (Wildman–Crippen LogP) is 3.75. The van der Waals surface area contributed by atoms with Crippen molar-refractivity contribution in [2.45, 2.75) is 62.4 Å². The third-order valence-electron chi connectivity index (χ3n) is 8.14. The van der Waals surface area contributed by atoms with Crippen molar-refractivity contribution in [2.75, 3.05) is 26.3 Å². The van der Waals surface area contributed by atoms with Gasteiger partial charge in [-0.15, -0.1) is 0 Å². The van der Waals surface area contributed by atoms with Gasteiger partial charge in [0.25, 0.3) is 0 Å². The van der Waals surface area contributed by atoms with Crippen molar-refractivity contribution in [3.63, 3.8) is 0 Å². The number of morpholine rings is 1. The molecule has 3 heterocycles. The van der Waals surface area contributed by atoms with Gasteiger partial charge in [0.2, 0.25) is 0 Å². The summed E-state index contributed by atoms with van der Waals surface area (Å²) < 4.78 is 8.17. The molecule has 5 heteroatoms. The molecule has 6 aliphatic rings. The molecular weight excluding hydrogens is 360 g/mol. The van der Waals surface area contributed by atoms with E-state index in [0.717, 1.165) is 38.4 Å². The largest absolute Gasteiger partial charge is 0.379 e. The summed E-state index contributed by atoms with van der Waals surface area (Å²) in [5, 5.41) is 0. The van der Waals surface area contributed by atoms with E-state index in [1.165, 1.54) is 60.3 Å². The molecule has 0 atom stereocenters. The number of fused-ring (bicyclic) bond motifs is 1. The maximum Gasteiger partial charge on any atom is 0.113 e. The van der Waals surface area contributed by atoms with Crippen LogP contribution in [0.5, 0.6) is 0 Å². The summed E-state index contributed by atoms with van der Waals surface area (Å²) in [5.41, 5.74) is 6.93. The Kier molecular flexibility index (Phi) is 3.23. The van der Waals surface area contributed by atoms with E-state index in [2.05, 4.69) is 34.7 Å². The van der Waals surface area contributed by atoms with Gasteiger partial charge in [0.05, 0.1) is 30.1 Å². The Labute approximate surface area is 171 Å². The molecule has 0 unspecified atom stereocenters. The molecule has 150 valence electrons. The van der Waals surface area contributed by atoms with E-state index in [-0.39, 0.29) is 0 Å². The fraction of sp³-hybridized carbons (Fsp3) is 0.583. The summed E-state index contributed by atoms with van der Waals surface area (Å²) in [5.74, 6) is 2.00. The zero-order valence-electron chi connectivity index (χ0n) is 17.2. The second kappa shape index (κ2) is 5.58. The van der Waals surface area contributed by atoms with E-state index in [9.17, 15) is 0 Å². The lowest BCUT2D eigenvalue weighted by atomic mass is 9.43. The summed E-state index contributed by atoms with van der Waals surface area (Å²) >= 11 is 0. The van der Waals surface area contributed by atoms with Gasteiger partial charge < -0.3 is 9.30 Å². The summed E-state index contributed by atoms with van der Waals surface area (Å²) in [7, 11) is 0. The van der Waals surface area contributed by atoms with Crippen LogP contribution in [0.4, 0.5) is 0 Å². The molecule has 0 amide bonds. The standard InChI is InChI=1S/C24H28N4O/c1-16-2-5-20-19(16)10-18(11-25-20)21-12-28(22(26-21)17-3-4-17)24-13-23(14-24,15-24)27-6-8-29-9-7-27/h2,10-12,17H,3-9,13-15H2,1H3. The van der Waals surface area contributed by atoms with Gasteiger partial charge in [-0.3, -0.25) is 9.88 Å². The minimum Gasteiger partial charge on any atom is -0.379 e. The zero-order valence-corrected chi connectivity index (χ0v) is 17.2. The Morgan fingerprint density at radius 2 is 1.90 bits per heavy atom. The zero-order chi connectivity index (χ0) is 19.2. The average Bonchev–Trinajstić information content (AvgIpc) is 3.34. The number of rotatable bonds is 4. The molecule has 1 aliphatic heterocycles. The summed E-state index contributed by atoms with van der Waals surface area (Å²) in [6.45, 7) is 6.20.